The summed E-state index contributed by atoms with van der Waals surface area (Å²) >= 11 is 2.73. The second-order valence-corrected chi connectivity index (χ2v) is 14.2. The lowest BCUT2D eigenvalue weighted by Gasteiger charge is -2.41. The largest absolute Gasteiger partial charge is 0.481 e. The van der Waals surface area contributed by atoms with Gasteiger partial charge in [0.1, 0.15) is 9.75 Å². The van der Waals surface area contributed by atoms with Gasteiger partial charge in [-0.05, 0) is 86.1 Å². The Morgan fingerprint density at radius 1 is 0.889 bits per heavy atom. The summed E-state index contributed by atoms with van der Waals surface area (Å²) in [5.74, 6) is -0.143. The molecule has 2 aliphatic carbocycles. The number of hydrogen-bond acceptors (Lipinski definition) is 9. The maximum Gasteiger partial charge on any atom is 0.350 e. The highest BCUT2D eigenvalue weighted by molar-refractivity contribution is 7.13. The molecule has 0 aromatic carbocycles. The van der Waals surface area contributed by atoms with Crippen molar-refractivity contribution in [1.29, 1.82) is 0 Å². The summed E-state index contributed by atoms with van der Waals surface area (Å²) in [6.07, 6.45) is 16.6. The van der Waals surface area contributed by atoms with E-state index in [0.717, 1.165) is 30.6 Å². The summed E-state index contributed by atoms with van der Waals surface area (Å²) in [6, 6.07) is 4.27. The molecule has 3 aliphatic rings. The van der Waals surface area contributed by atoms with Crippen LogP contribution < -0.4 is 10.2 Å². The Morgan fingerprint density at radius 2 is 1.51 bits per heavy atom. The zero-order valence-corrected chi connectivity index (χ0v) is 28.2. The van der Waals surface area contributed by atoms with Crippen molar-refractivity contribution >= 4 is 57.9 Å². The lowest BCUT2D eigenvalue weighted by Crippen LogP contribution is -2.48. The molecule has 1 aliphatic heterocycles. The van der Waals surface area contributed by atoms with Gasteiger partial charge in [0, 0.05) is 24.9 Å². The predicted molar refractivity (Wildman–Crippen MR) is 178 cm³/mol. The van der Waals surface area contributed by atoms with Crippen molar-refractivity contribution in [2.24, 2.45) is 11.8 Å². The highest BCUT2D eigenvalue weighted by Gasteiger charge is 2.37. The fourth-order valence-electron chi connectivity index (χ4n) is 7.22. The van der Waals surface area contributed by atoms with Crippen molar-refractivity contribution in [3.05, 3.63) is 32.6 Å². The average molecular weight is 661 g/mol. The van der Waals surface area contributed by atoms with Gasteiger partial charge in [-0.15, -0.1) is 22.7 Å². The molecule has 2 aromatic rings. The van der Waals surface area contributed by atoms with Crippen molar-refractivity contribution in [2.45, 2.75) is 115 Å². The molecule has 3 heterocycles. The zero-order chi connectivity index (χ0) is 32.2. The smallest absolute Gasteiger partial charge is 0.350 e. The Morgan fingerprint density at radius 3 is 2.18 bits per heavy atom. The molecule has 0 bridgehead atoms. The number of piperidine rings is 1. The van der Waals surface area contributed by atoms with Crippen LogP contribution in [-0.4, -0.2) is 55.2 Å². The van der Waals surface area contributed by atoms with E-state index in [1.807, 2.05) is 27.8 Å². The van der Waals surface area contributed by atoms with Gasteiger partial charge in [-0.2, -0.15) is 0 Å². The molecule has 1 saturated heterocycles. The van der Waals surface area contributed by atoms with Gasteiger partial charge in [0.15, 0.2) is 0 Å². The van der Waals surface area contributed by atoms with Crippen LogP contribution in [0.1, 0.15) is 122 Å². The van der Waals surface area contributed by atoms with Crippen LogP contribution in [0.5, 0.6) is 0 Å². The monoisotopic (exact) mass is 660 g/mol. The Labute approximate surface area is 274 Å². The number of methoxy groups -OCH3 is 2. The molecule has 5 rings (SSSR count). The molecule has 0 spiro atoms. The molecule has 2 atom stereocenters. The van der Waals surface area contributed by atoms with Gasteiger partial charge in [-0.1, -0.05) is 38.5 Å². The maximum atomic E-state index is 12.6. The molecule has 0 radical (unpaired) electrons. The van der Waals surface area contributed by atoms with Crippen molar-refractivity contribution in [1.82, 2.24) is 0 Å². The average Bonchev–Trinajstić information content (AvgIpc) is 3.74. The molecular weight excluding hydrogens is 613 g/mol. The summed E-state index contributed by atoms with van der Waals surface area (Å²) in [7, 11) is 2.78. The predicted octanol–water partition coefficient (Wildman–Crippen LogP) is 8.15. The number of ether oxygens (including phenoxy) is 2. The number of carboxylic acid groups (broad SMARTS) is 1. The molecule has 2 unspecified atom stereocenters. The zero-order valence-electron chi connectivity index (χ0n) is 26.6. The highest BCUT2D eigenvalue weighted by atomic mass is 32.1. The maximum absolute atomic E-state index is 12.6. The first-order valence-electron chi connectivity index (χ1n) is 16.5. The summed E-state index contributed by atoms with van der Waals surface area (Å²) in [4.78, 5) is 50.2. The molecule has 2 aromatic heterocycles. The van der Waals surface area contributed by atoms with Gasteiger partial charge in [-0.3, -0.25) is 9.59 Å². The van der Waals surface area contributed by atoms with Gasteiger partial charge in [0.25, 0.3) is 0 Å². The Bertz CT molecular complexity index is 1260. The molecule has 1 amide bonds. The van der Waals surface area contributed by atoms with Gasteiger partial charge in [0.2, 0.25) is 5.91 Å². The molecule has 2 N–H and O–H groups in total. The summed E-state index contributed by atoms with van der Waals surface area (Å²) in [5.41, 5.74) is 1.57. The number of carbonyl (C=O) groups is 4. The van der Waals surface area contributed by atoms with E-state index in [9.17, 15) is 19.2 Å². The molecule has 9 nitrogen and oxygen atoms in total. The number of anilines is 2. The molecular formula is C34H48N2O7S2. The number of hydrogen-bond donors (Lipinski definition) is 2. The van der Waals surface area contributed by atoms with Crippen molar-refractivity contribution in [2.75, 3.05) is 24.4 Å². The molecule has 11 heteroatoms. The summed E-state index contributed by atoms with van der Waals surface area (Å²) < 4.78 is 9.70. The first-order chi connectivity index (χ1) is 21.8. The van der Waals surface area contributed by atoms with E-state index in [4.69, 9.17) is 14.6 Å². The van der Waals surface area contributed by atoms with Crippen molar-refractivity contribution in [3.63, 3.8) is 0 Å². The van der Waals surface area contributed by atoms with Crippen molar-refractivity contribution < 1.29 is 33.8 Å². The van der Waals surface area contributed by atoms with Gasteiger partial charge >= 0.3 is 17.9 Å². The van der Waals surface area contributed by atoms with Crippen LogP contribution >= 0.6 is 22.7 Å². The summed E-state index contributed by atoms with van der Waals surface area (Å²) in [6.45, 7) is 0. The van der Waals surface area contributed by atoms with Gasteiger partial charge < -0.3 is 24.8 Å². The Balaban J connectivity index is 0.000000205. The lowest BCUT2D eigenvalue weighted by molar-refractivity contribution is -0.137. The number of carboxylic acids is 1. The highest BCUT2D eigenvalue weighted by Crippen LogP contribution is 2.39. The van der Waals surface area contributed by atoms with E-state index < -0.39 is 5.97 Å². The second kappa shape index (κ2) is 17.7. The van der Waals surface area contributed by atoms with E-state index in [-0.39, 0.29) is 36.4 Å². The number of thiophene rings is 2. The number of carbonyl (C=O) groups excluding carboxylic acids is 3. The minimum absolute atomic E-state index is 0.158. The van der Waals surface area contributed by atoms with Crippen LogP contribution in [0.2, 0.25) is 0 Å². The number of esters is 2. The normalized spacial score (nSPS) is 20.1. The number of amides is 1. The Kier molecular flexibility index (Phi) is 13.7. The number of nitrogens with zero attached hydrogens (tertiary/aromatic N) is 1. The van der Waals surface area contributed by atoms with Crippen LogP contribution in [0.4, 0.5) is 11.4 Å². The first kappa shape index (κ1) is 34.9. The third kappa shape index (κ3) is 9.54. The minimum Gasteiger partial charge on any atom is -0.481 e. The van der Waals surface area contributed by atoms with Crippen LogP contribution in [0.3, 0.4) is 0 Å². The van der Waals surface area contributed by atoms with E-state index in [1.54, 1.807) is 0 Å². The van der Waals surface area contributed by atoms with Crippen LogP contribution in [0.15, 0.2) is 22.9 Å². The van der Waals surface area contributed by atoms with Crippen LogP contribution in [-0.2, 0) is 19.1 Å². The second-order valence-electron chi connectivity index (χ2n) is 12.3. The Hall–Kier alpha value is -2.92. The minimum atomic E-state index is -0.752. The molecule has 2 saturated carbocycles. The standard InChI is InChI=1S/C17H25NO4S.C17H23NO3S/c1-22-17(21)16-14(10-11-23-16)18-13(8-5-9-15(19)20)12-6-3-2-4-7-12;1-21-17(20)16-14(10-11-22-16)18-13(8-5-9-15(18)19)12-6-3-2-4-7-12/h10-13,18H,2-9H2,1H3,(H,19,20);10-13H,2-9H2,1H3. The number of rotatable bonds is 11. The van der Waals surface area contributed by atoms with Crippen LogP contribution in [0.25, 0.3) is 0 Å². The lowest BCUT2D eigenvalue weighted by atomic mass is 9.79. The SMILES string of the molecule is COC(=O)c1sccc1N1C(=O)CCCC1C1CCCCC1.COC(=O)c1sccc1NC(CCCC(=O)O)C1CCCCC1. The third-order valence-electron chi connectivity index (χ3n) is 9.46. The van der Waals surface area contributed by atoms with Gasteiger partial charge in [0.05, 0.1) is 25.6 Å². The molecule has 248 valence electrons. The number of nitrogens with one attached hydrogen (secondary N) is 1. The fraction of sp³-hybridized carbons (Fsp3) is 0.647. The molecule has 3 fully saturated rings. The fourth-order valence-corrected chi connectivity index (χ4v) is 8.80. The van der Waals surface area contributed by atoms with E-state index in [0.29, 0.717) is 34.4 Å². The van der Waals surface area contributed by atoms with E-state index >= 15 is 0 Å². The third-order valence-corrected chi connectivity index (χ3v) is 11.2. The van der Waals surface area contributed by atoms with Crippen LogP contribution in [0, 0.1) is 11.8 Å². The topological polar surface area (TPSA) is 122 Å². The first-order valence-corrected chi connectivity index (χ1v) is 18.2. The summed E-state index contributed by atoms with van der Waals surface area (Å²) in [5, 5.41) is 16.1. The van der Waals surface area contributed by atoms with E-state index in [1.165, 1.54) is 101 Å². The van der Waals surface area contributed by atoms with Gasteiger partial charge in [-0.25, -0.2) is 9.59 Å². The molecule has 45 heavy (non-hydrogen) atoms. The number of aliphatic carboxylic acids is 1. The quantitative estimate of drug-likeness (QED) is 0.232. The van der Waals surface area contributed by atoms with E-state index in [2.05, 4.69) is 5.32 Å². The van der Waals surface area contributed by atoms with Crippen molar-refractivity contribution in [3.8, 4) is 0 Å².